The summed E-state index contributed by atoms with van der Waals surface area (Å²) in [4.78, 5) is 35.0. The van der Waals surface area contributed by atoms with E-state index >= 15 is 0 Å². The lowest BCUT2D eigenvalue weighted by atomic mass is 9.72. The molecule has 5 rings (SSSR count). The van der Waals surface area contributed by atoms with Gasteiger partial charge in [-0.3, -0.25) is 9.78 Å². The minimum absolute atomic E-state index is 0.0662. The highest BCUT2D eigenvalue weighted by molar-refractivity contribution is 5.89. The second kappa shape index (κ2) is 12.1. The third kappa shape index (κ3) is 6.77. The number of likely N-dealkylation sites (tertiary alicyclic amines) is 1. The number of aromatic nitrogens is 2. The highest BCUT2D eigenvalue weighted by Crippen LogP contribution is 2.40. The quantitative estimate of drug-likeness (QED) is 0.395. The number of pyridine rings is 1. The third-order valence-corrected chi connectivity index (χ3v) is 8.53. The lowest BCUT2D eigenvalue weighted by Crippen LogP contribution is -2.54. The minimum atomic E-state index is -4.56. The molecule has 2 fully saturated rings. The van der Waals surface area contributed by atoms with Gasteiger partial charge in [0.25, 0.3) is 0 Å². The number of rotatable bonds is 5. The van der Waals surface area contributed by atoms with E-state index in [1.165, 1.54) is 6.07 Å². The Balaban J connectivity index is 1.39. The third-order valence-electron chi connectivity index (χ3n) is 8.53. The number of hydrogen-bond donors (Lipinski definition) is 1. The van der Waals surface area contributed by atoms with E-state index in [-0.39, 0.29) is 17.5 Å². The molecular formula is C33H37F3N6O3. The van der Waals surface area contributed by atoms with Gasteiger partial charge in [-0.2, -0.15) is 18.4 Å². The topological polar surface area (TPSA) is 103 Å². The van der Waals surface area contributed by atoms with E-state index in [1.807, 2.05) is 53.0 Å². The zero-order valence-corrected chi connectivity index (χ0v) is 25.8. The van der Waals surface area contributed by atoms with E-state index in [2.05, 4.69) is 10.3 Å². The summed E-state index contributed by atoms with van der Waals surface area (Å²) in [6.45, 7) is 6.86. The van der Waals surface area contributed by atoms with Crippen molar-refractivity contribution >= 4 is 17.7 Å². The second-order valence-corrected chi connectivity index (χ2v) is 12.7. The molecule has 0 saturated carbocycles. The highest BCUT2D eigenvalue weighted by Gasteiger charge is 2.45. The van der Waals surface area contributed by atoms with Crippen LogP contribution in [0.4, 0.5) is 23.7 Å². The first kappa shape index (κ1) is 31.9. The molecule has 1 N–H and O–H groups in total. The van der Waals surface area contributed by atoms with Crippen LogP contribution in [0, 0.1) is 11.3 Å². The summed E-state index contributed by atoms with van der Waals surface area (Å²) >= 11 is 0. The summed E-state index contributed by atoms with van der Waals surface area (Å²) in [5, 5.41) is 12.8. The van der Waals surface area contributed by atoms with Crippen LogP contribution in [0.5, 0.6) is 0 Å². The normalized spacial score (nSPS) is 18.4. The van der Waals surface area contributed by atoms with Crippen LogP contribution in [0.2, 0.25) is 0 Å². The zero-order chi connectivity index (χ0) is 32.6. The van der Waals surface area contributed by atoms with Gasteiger partial charge in [-0.25, -0.2) is 4.79 Å². The van der Waals surface area contributed by atoms with Crippen LogP contribution in [0.3, 0.4) is 0 Å². The van der Waals surface area contributed by atoms with Gasteiger partial charge in [0.2, 0.25) is 5.91 Å². The smallest absolute Gasteiger partial charge is 0.416 e. The fourth-order valence-electron chi connectivity index (χ4n) is 6.10. The fraction of sp³-hybridized carbons (Fsp3) is 0.455. The molecule has 0 aliphatic carbocycles. The van der Waals surface area contributed by atoms with Crippen molar-refractivity contribution in [3.63, 3.8) is 0 Å². The van der Waals surface area contributed by atoms with Gasteiger partial charge in [-0.15, -0.1) is 0 Å². The van der Waals surface area contributed by atoms with Gasteiger partial charge < -0.3 is 24.4 Å². The standard InChI is InChI=1S/C33H37F3N6O3/c1-31(2,3)45-30(44)42-15-11-25(21-42)39-29(43)32(24-7-9-26(38-20-24)28-6-5-14-40(28)4)12-16-41(17-13-32)27-10-8-23(33(34,35)36)18-22(27)19-37/h5-10,14,18,20,25H,11-13,15-17,21H2,1-4H3,(H,39,43)/t25-/m0/s1. The zero-order valence-electron chi connectivity index (χ0n) is 25.8. The van der Waals surface area contributed by atoms with Crippen molar-refractivity contribution < 1.29 is 27.5 Å². The first-order valence-corrected chi connectivity index (χ1v) is 14.9. The Bertz CT molecular complexity index is 1600. The summed E-state index contributed by atoms with van der Waals surface area (Å²) in [6.07, 6.45) is -0.0669. The molecule has 0 bridgehead atoms. The Morgan fingerprint density at radius 2 is 1.82 bits per heavy atom. The predicted molar refractivity (Wildman–Crippen MR) is 162 cm³/mol. The molecule has 12 heteroatoms. The fourth-order valence-corrected chi connectivity index (χ4v) is 6.10. The average molecular weight is 623 g/mol. The Kier molecular flexibility index (Phi) is 8.58. The number of halogens is 3. The van der Waals surface area contributed by atoms with E-state index in [1.54, 1.807) is 31.9 Å². The van der Waals surface area contributed by atoms with Gasteiger partial charge in [-0.1, -0.05) is 6.07 Å². The molecule has 45 heavy (non-hydrogen) atoms. The number of nitriles is 1. The number of nitrogens with one attached hydrogen (secondary N) is 1. The summed E-state index contributed by atoms with van der Waals surface area (Å²) in [7, 11) is 1.93. The number of ether oxygens (including phenoxy) is 1. The molecule has 2 saturated heterocycles. The average Bonchev–Trinajstić information content (AvgIpc) is 3.64. The number of amides is 2. The van der Waals surface area contributed by atoms with E-state index in [9.17, 15) is 28.0 Å². The summed E-state index contributed by atoms with van der Waals surface area (Å²) in [5.74, 6) is -0.195. The van der Waals surface area contributed by atoms with Crippen LogP contribution < -0.4 is 10.2 Å². The van der Waals surface area contributed by atoms with Crippen molar-refractivity contribution in [2.45, 2.75) is 63.3 Å². The SMILES string of the molecule is Cn1cccc1-c1ccc(C2(C(=O)N[C@H]3CCN(C(=O)OC(C)(C)C)C3)CCN(c3ccc(C(F)(F)F)cc3C#N)CC2)cn1. The molecule has 2 amide bonds. The van der Waals surface area contributed by atoms with E-state index in [0.717, 1.165) is 29.1 Å². The van der Waals surface area contributed by atoms with Crippen LogP contribution in [0.15, 0.2) is 54.9 Å². The molecule has 0 spiro atoms. The Labute approximate surface area is 260 Å². The summed E-state index contributed by atoms with van der Waals surface area (Å²) in [6, 6.07) is 12.5. The van der Waals surface area contributed by atoms with Crippen molar-refractivity contribution in [3.8, 4) is 17.5 Å². The number of aryl methyl sites for hydroxylation is 1. The van der Waals surface area contributed by atoms with Gasteiger partial charge in [0.15, 0.2) is 0 Å². The number of anilines is 1. The number of carbonyl (C=O) groups excluding carboxylic acids is 2. The van der Waals surface area contributed by atoms with Gasteiger partial charge in [0.05, 0.1) is 33.6 Å². The molecule has 238 valence electrons. The van der Waals surface area contributed by atoms with Crippen LogP contribution in [0.25, 0.3) is 11.4 Å². The second-order valence-electron chi connectivity index (χ2n) is 12.7. The van der Waals surface area contributed by atoms with Crippen LogP contribution in [0.1, 0.15) is 56.7 Å². The molecule has 0 unspecified atom stereocenters. The molecule has 3 aromatic rings. The van der Waals surface area contributed by atoms with E-state index < -0.39 is 28.8 Å². The van der Waals surface area contributed by atoms with E-state index in [4.69, 9.17) is 4.74 Å². The van der Waals surface area contributed by atoms with E-state index in [0.29, 0.717) is 51.1 Å². The van der Waals surface area contributed by atoms with Crippen LogP contribution in [-0.2, 0) is 28.2 Å². The molecule has 2 aromatic heterocycles. The maximum atomic E-state index is 14.2. The molecular weight excluding hydrogens is 585 g/mol. The molecule has 2 aliphatic heterocycles. The van der Waals surface area contributed by atoms with Gasteiger partial charge in [0.1, 0.15) is 11.7 Å². The molecule has 2 aliphatic rings. The van der Waals surface area contributed by atoms with Gasteiger partial charge >= 0.3 is 12.3 Å². The predicted octanol–water partition coefficient (Wildman–Crippen LogP) is 5.64. The number of alkyl halides is 3. The monoisotopic (exact) mass is 622 g/mol. The summed E-state index contributed by atoms with van der Waals surface area (Å²) < 4.78 is 47.4. The molecule has 9 nitrogen and oxygen atoms in total. The molecule has 0 radical (unpaired) electrons. The highest BCUT2D eigenvalue weighted by atomic mass is 19.4. The van der Waals surface area contributed by atoms with Crippen molar-refractivity contribution in [3.05, 3.63) is 71.5 Å². The minimum Gasteiger partial charge on any atom is -0.444 e. The van der Waals surface area contributed by atoms with Crippen molar-refractivity contribution in [1.29, 1.82) is 5.26 Å². The Morgan fingerprint density at radius 3 is 2.40 bits per heavy atom. The maximum Gasteiger partial charge on any atom is 0.416 e. The van der Waals surface area contributed by atoms with Crippen molar-refractivity contribution in [2.75, 3.05) is 31.1 Å². The number of benzene rings is 1. The lowest BCUT2D eigenvalue weighted by Gasteiger charge is -2.42. The Morgan fingerprint density at radius 1 is 1.09 bits per heavy atom. The largest absolute Gasteiger partial charge is 0.444 e. The summed E-state index contributed by atoms with van der Waals surface area (Å²) in [5.41, 5.74) is 0.259. The molecule has 1 atom stereocenters. The molecule has 4 heterocycles. The van der Waals surface area contributed by atoms with Crippen LogP contribution in [-0.4, -0.2) is 64.3 Å². The van der Waals surface area contributed by atoms with Crippen molar-refractivity contribution in [2.24, 2.45) is 7.05 Å². The molecule has 1 aromatic carbocycles. The first-order valence-electron chi connectivity index (χ1n) is 14.9. The van der Waals surface area contributed by atoms with Gasteiger partial charge in [-0.05, 0) is 82.0 Å². The first-order chi connectivity index (χ1) is 21.2. The maximum absolute atomic E-state index is 14.2. The van der Waals surface area contributed by atoms with Crippen LogP contribution >= 0.6 is 0 Å². The Hall–Kier alpha value is -4.53. The number of carbonyl (C=O) groups is 2. The van der Waals surface area contributed by atoms with Crippen molar-refractivity contribution in [1.82, 2.24) is 19.8 Å². The van der Waals surface area contributed by atoms with Gasteiger partial charge in [0, 0.05) is 51.7 Å². The number of hydrogen-bond acceptors (Lipinski definition) is 6. The lowest BCUT2D eigenvalue weighted by molar-refractivity contribution is -0.137. The number of nitrogens with zero attached hydrogens (tertiary/aromatic N) is 5. The number of piperidine rings is 1.